The fourth-order valence-corrected chi connectivity index (χ4v) is 2.63. The zero-order valence-corrected chi connectivity index (χ0v) is 15.8. The summed E-state index contributed by atoms with van der Waals surface area (Å²) in [5.74, 6) is 1.22. The van der Waals surface area contributed by atoms with Gasteiger partial charge in [-0.15, -0.1) is 0 Å². The molecule has 0 radical (unpaired) electrons. The number of benzene rings is 1. The summed E-state index contributed by atoms with van der Waals surface area (Å²) < 4.78 is 38.8. The van der Waals surface area contributed by atoms with Crippen LogP contribution in [-0.4, -0.2) is 26.1 Å². The lowest BCUT2D eigenvalue weighted by atomic mass is 10.1. The summed E-state index contributed by atoms with van der Waals surface area (Å²) in [6.07, 6.45) is -3.45. The largest absolute Gasteiger partial charge is 0.433 e. The Hall–Kier alpha value is -3.20. The number of aromatic nitrogens is 3. The molecule has 0 fully saturated rings. The molecule has 9 heteroatoms. The molecule has 3 N–H and O–H groups in total. The minimum atomic E-state index is -4.54. The Labute approximate surface area is 165 Å². The second-order valence-electron chi connectivity index (χ2n) is 6.67. The van der Waals surface area contributed by atoms with Gasteiger partial charge in [0.05, 0.1) is 6.61 Å². The topological polar surface area (TPSA) is 83.0 Å². The van der Waals surface area contributed by atoms with Crippen LogP contribution >= 0.6 is 0 Å². The SMILES string of the molecule is CC(C)Nc1cc(Nc2ccnc(C(F)(F)F)c2)nc(-c2cccc(CO)c2)n1. The van der Waals surface area contributed by atoms with E-state index in [1.165, 1.54) is 6.07 Å². The zero-order chi connectivity index (χ0) is 21.0. The summed E-state index contributed by atoms with van der Waals surface area (Å²) in [4.78, 5) is 12.3. The maximum atomic E-state index is 12.9. The summed E-state index contributed by atoms with van der Waals surface area (Å²) in [6, 6.07) is 11.2. The normalized spacial score (nSPS) is 11.6. The number of nitrogens with zero attached hydrogens (tertiary/aromatic N) is 3. The van der Waals surface area contributed by atoms with Crippen molar-refractivity contribution >= 4 is 17.3 Å². The molecule has 1 aromatic carbocycles. The third-order valence-electron chi connectivity index (χ3n) is 3.85. The number of hydrogen-bond acceptors (Lipinski definition) is 6. The highest BCUT2D eigenvalue weighted by molar-refractivity contribution is 5.65. The van der Waals surface area contributed by atoms with E-state index in [1.807, 2.05) is 13.8 Å². The summed E-state index contributed by atoms with van der Waals surface area (Å²) in [5, 5.41) is 15.4. The molecule has 0 atom stereocenters. The highest BCUT2D eigenvalue weighted by Gasteiger charge is 2.32. The van der Waals surface area contributed by atoms with Crippen LogP contribution in [0, 0.1) is 0 Å². The number of alkyl halides is 3. The Morgan fingerprint density at radius 2 is 1.79 bits per heavy atom. The third kappa shape index (κ3) is 5.41. The number of rotatable bonds is 6. The van der Waals surface area contributed by atoms with Gasteiger partial charge in [-0.05, 0) is 37.6 Å². The number of nitrogens with one attached hydrogen (secondary N) is 2. The Morgan fingerprint density at radius 3 is 2.48 bits per heavy atom. The molecule has 0 aliphatic carbocycles. The van der Waals surface area contributed by atoms with E-state index in [1.54, 1.807) is 30.3 Å². The van der Waals surface area contributed by atoms with Crippen molar-refractivity contribution in [2.75, 3.05) is 10.6 Å². The predicted octanol–water partition coefficient (Wildman–Crippen LogP) is 4.61. The van der Waals surface area contributed by atoms with E-state index < -0.39 is 11.9 Å². The van der Waals surface area contributed by atoms with Crippen molar-refractivity contribution in [1.29, 1.82) is 0 Å². The van der Waals surface area contributed by atoms with Crippen molar-refractivity contribution in [3.63, 3.8) is 0 Å². The van der Waals surface area contributed by atoms with Crippen molar-refractivity contribution in [3.8, 4) is 11.4 Å². The lowest BCUT2D eigenvalue weighted by molar-refractivity contribution is -0.141. The van der Waals surface area contributed by atoms with Crippen LogP contribution in [0.1, 0.15) is 25.1 Å². The van der Waals surface area contributed by atoms with Gasteiger partial charge >= 0.3 is 6.18 Å². The molecule has 3 rings (SSSR count). The van der Waals surface area contributed by atoms with Crippen molar-refractivity contribution in [3.05, 3.63) is 59.9 Å². The fraction of sp³-hybridized carbons (Fsp3) is 0.250. The van der Waals surface area contributed by atoms with Crippen molar-refractivity contribution in [1.82, 2.24) is 15.0 Å². The maximum absolute atomic E-state index is 12.9. The molecule has 0 saturated carbocycles. The van der Waals surface area contributed by atoms with Gasteiger partial charge in [-0.3, -0.25) is 4.98 Å². The van der Waals surface area contributed by atoms with Gasteiger partial charge in [0.2, 0.25) is 0 Å². The minimum absolute atomic E-state index is 0.0899. The first-order valence-corrected chi connectivity index (χ1v) is 8.90. The molecular formula is C20H20F3N5O. The van der Waals surface area contributed by atoms with E-state index in [4.69, 9.17) is 0 Å². The summed E-state index contributed by atoms with van der Waals surface area (Å²) >= 11 is 0. The Bertz CT molecular complexity index is 992. The van der Waals surface area contributed by atoms with E-state index in [-0.39, 0.29) is 18.3 Å². The molecule has 2 heterocycles. The van der Waals surface area contributed by atoms with Crippen LogP contribution in [-0.2, 0) is 12.8 Å². The Balaban J connectivity index is 1.99. The molecule has 0 saturated heterocycles. The van der Waals surface area contributed by atoms with Crippen LogP contribution in [0.15, 0.2) is 48.7 Å². The van der Waals surface area contributed by atoms with Gasteiger partial charge in [-0.25, -0.2) is 9.97 Å². The highest BCUT2D eigenvalue weighted by atomic mass is 19.4. The molecule has 0 bridgehead atoms. The number of hydrogen-bond donors (Lipinski definition) is 3. The average Bonchev–Trinajstić information content (AvgIpc) is 2.67. The summed E-state index contributed by atoms with van der Waals surface area (Å²) in [5.41, 5.74) is 0.592. The predicted molar refractivity (Wildman–Crippen MR) is 105 cm³/mol. The summed E-state index contributed by atoms with van der Waals surface area (Å²) in [6.45, 7) is 3.76. The van der Waals surface area contributed by atoms with Crippen LogP contribution < -0.4 is 10.6 Å². The standard InChI is InChI=1S/C20H20F3N5O/c1-12(2)25-17-10-18(26-15-6-7-24-16(9-15)20(21,22)23)28-19(27-17)14-5-3-4-13(8-14)11-29/h3-10,12,29H,11H2,1-2H3,(H2,24,25,26,27,28). The molecule has 6 nitrogen and oxygen atoms in total. The number of aliphatic hydroxyl groups excluding tert-OH is 1. The van der Waals surface area contributed by atoms with E-state index in [0.29, 0.717) is 28.6 Å². The van der Waals surface area contributed by atoms with Crippen molar-refractivity contribution in [2.24, 2.45) is 0 Å². The van der Waals surface area contributed by atoms with Gasteiger partial charge in [0.1, 0.15) is 17.3 Å². The van der Waals surface area contributed by atoms with Gasteiger partial charge in [-0.1, -0.05) is 18.2 Å². The van der Waals surface area contributed by atoms with Crippen LogP contribution in [0.3, 0.4) is 0 Å². The van der Waals surface area contributed by atoms with Crippen LogP contribution in [0.25, 0.3) is 11.4 Å². The van der Waals surface area contributed by atoms with E-state index in [2.05, 4.69) is 25.6 Å². The molecule has 29 heavy (non-hydrogen) atoms. The number of aliphatic hydroxyl groups is 1. The van der Waals surface area contributed by atoms with Crippen LogP contribution in [0.5, 0.6) is 0 Å². The second kappa shape index (κ2) is 8.44. The quantitative estimate of drug-likeness (QED) is 0.557. The average molecular weight is 403 g/mol. The molecule has 0 aliphatic heterocycles. The summed E-state index contributed by atoms with van der Waals surface area (Å²) in [7, 11) is 0. The third-order valence-corrected chi connectivity index (χ3v) is 3.85. The first kappa shape index (κ1) is 20.5. The van der Waals surface area contributed by atoms with Gasteiger partial charge in [0.15, 0.2) is 5.82 Å². The monoisotopic (exact) mass is 403 g/mol. The smallest absolute Gasteiger partial charge is 0.392 e. The van der Waals surface area contributed by atoms with Crippen molar-refractivity contribution in [2.45, 2.75) is 32.7 Å². The number of pyridine rings is 1. The molecule has 0 amide bonds. The van der Waals surface area contributed by atoms with E-state index >= 15 is 0 Å². The van der Waals surface area contributed by atoms with Gasteiger partial charge < -0.3 is 15.7 Å². The number of anilines is 3. The minimum Gasteiger partial charge on any atom is -0.392 e. The van der Waals surface area contributed by atoms with Crippen LogP contribution in [0.2, 0.25) is 0 Å². The highest BCUT2D eigenvalue weighted by Crippen LogP contribution is 2.30. The first-order chi connectivity index (χ1) is 13.7. The molecule has 152 valence electrons. The molecule has 0 aliphatic rings. The van der Waals surface area contributed by atoms with Crippen LogP contribution in [0.4, 0.5) is 30.5 Å². The zero-order valence-electron chi connectivity index (χ0n) is 15.8. The molecule has 0 unspecified atom stereocenters. The van der Waals surface area contributed by atoms with Crippen molar-refractivity contribution < 1.29 is 18.3 Å². The van der Waals surface area contributed by atoms with Gasteiger partial charge in [0.25, 0.3) is 0 Å². The molecule has 0 spiro atoms. The van der Waals surface area contributed by atoms with Gasteiger partial charge in [0, 0.05) is 29.6 Å². The van der Waals surface area contributed by atoms with E-state index in [9.17, 15) is 18.3 Å². The lowest BCUT2D eigenvalue weighted by Crippen LogP contribution is -2.12. The Kier molecular flexibility index (Phi) is 5.97. The lowest BCUT2D eigenvalue weighted by Gasteiger charge is -2.14. The molecular weight excluding hydrogens is 383 g/mol. The molecule has 2 aromatic heterocycles. The first-order valence-electron chi connectivity index (χ1n) is 8.90. The Morgan fingerprint density at radius 1 is 1.03 bits per heavy atom. The fourth-order valence-electron chi connectivity index (χ4n) is 2.63. The van der Waals surface area contributed by atoms with E-state index in [0.717, 1.165) is 12.3 Å². The van der Waals surface area contributed by atoms with Gasteiger partial charge in [-0.2, -0.15) is 13.2 Å². The molecule has 3 aromatic rings. The second-order valence-corrected chi connectivity index (χ2v) is 6.67. The number of halogens is 3. The maximum Gasteiger partial charge on any atom is 0.433 e.